The highest BCUT2D eigenvalue weighted by Crippen LogP contribution is 2.23. The van der Waals surface area contributed by atoms with Gasteiger partial charge in [0.25, 0.3) is 0 Å². The normalized spacial score (nSPS) is 17.1. The lowest BCUT2D eigenvalue weighted by atomic mass is 10.1. The van der Waals surface area contributed by atoms with E-state index in [0.717, 1.165) is 0 Å². The maximum atomic E-state index is 12.6. The van der Waals surface area contributed by atoms with Crippen molar-refractivity contribution in [3.05, 3.63) is 29.2 Å². The number of alkyl carbamates (subject to hydrolysis) is 1. The number of ether oxygens (including phenoxy) is 1. The van der Waals surface area contributed by atoms with E-state index in [1.807, 2.05) is 0 Å². The van der Waals surface area contributed by atoms with Gasteiger partial charge in [0.1, 0.15) is 11.3 Å². The third kappa shape index (κ3) is 5.23. The van der Waals surface area contributed by atoms with Gasteiger partial charge in [0.15, 0.2) is 0 Å². The smallest absolute Gasteiger partial charge is 0.407 e. The van der Waals surface area contributed by atoms with E-state index in [1.54, 1.807) is 20.8 Å². The van der Waals surface area contributed by atoms with E-state index in [4.69, 9.17) is 4.74 Å². The van der Waals surface area contributed by atoms with Gasteiger partial charge in [-0.3, -0.25) is 0 Å². The lowest BCUT2D eigenvalue weighted by molar-refractivity contribution is 0.0489. The van der Waals surface area contributed by atoms with Gasteiger partial charge in [-0.05, 0) is 63.1 Å². The molecule has 1 aromatic rings. The zero-order valence-corrected chi connectivity index (χ0v) is 15.4. The second kappa shape index (κ2) is 7.49. The summed E-state index contributed by atoms with van der Waals surface area (Å²) in [5, 5.41) is 5.53. The van der Waals surface area contributed by atoms with Gasteiger partial charge in [-0.1, -0.05) is 0 Å². The lowest BCUT2D eigenvalue weighted by Gasteiger charge is -2.32. The Labute approximate surface area is 147 Å². The molecule has 1 fully saturated rings. The van der Waals surface area contributed by atoms with Crippen molar-refractivity contribution in [3.8, 4) is 0 Å². The Hall–Kier alpha value is -2.00. The molecule has 0 saturated carbocycles. The number of sulfonamides is 1. The molecule has 9 heteroatoms. The van der Waals surface area contributed by atoms with Crippen LogP contribution in [-0.4, -0.2) is 43.5 Å². The fourth-order valence-electron chi connectivity index (χ4n) is 2.54. The zero-order chi connectivity index (χ0) is 18.7. The van der Waals surface area contributed by atoms with Crippen LogP contribution in [0.5, 0.6) is 0 Å². The molecule has 0 unspecified atom stereocenters. The summed E-state index contributed by atoms with van der Waals surface area (Å²) in [7, 11) is -3.62. The number of amides is 1. The van der Waals surface area contributed by atoms with Crippen molar-refractivity contribution in [2.75, 3.05) is 13.1 Å². The SMILES string of the molecule is CC(C)(C)OC(=O)NC1CCN(S(=O)(=O)c2ccc(N=O)cc2)CC1. The molecule has 138 valence electrons. The van der Waals surface area contributed by atoms with Crippen molar-refractivity contribution in [2.45, 2.75) is 50.2 Å². The standard InChI is InChI=1S/C16H23N3O5S/c1-16(2,3)24-15(20)17-12-8-10-19(11-9-12)25(22,23)14-6-4-13(18-21)5-7-14/h4-7,12H,8-11H2,1-3H3,(H,17,20). The summed E-state index contributed by atoms with van der Waals surface area (Å²) >= 11 is 0. The Bertz CT molecular complexity index is 717. The number of hydrogen-bond acceptors (Lipinski definition) is 6. The summed E-state index contributed by atoms with van der Waals surface area (Å²) in [5.41, 5.74) is -0.393. The van der Waals surface area contributed by atoms with Gasteiger partial charge in [0.2, 0.25) is 10.0 Å². The molecule has 1 N–H and O–H groups in total. The molecule has 0 bridgehead atoms. The Morgan fingerprint density at radius 2 is 1.76 bits per heavy atom. The predicted molar refractivity (Wildman–Crippen MR) is 93.0 cm³/mol. The number of hydrogen-bond donors (Lipinski definition) is 1. The van der Waals surface area contributed by atoms with Gasteiger partial charge in [-0.25, -0.2) is 13.2 Å². The number of nitrogens with one attached hydrogen (secondary N) is 1. The summed E-state index contributed by atoms with van der Waals surface area (Å²) in [6.07, 6.45) is 0.518. The van der Waals surface area contributed by atoms with Gasteiger partial charge < -0.3 is 10.1 Å². The first-order chi connectivity index (χ1) is 11.6. The molecule has 0 atom stereocenters. The Balaban J connectivity index is 1.94. The van der Waals surface area contributed by atoms with E-state index in [9.17, 15) is 18.1 Å². The molecule has 1 heterocycles. The van der Waals surface area contributed by atoms with E-state index in [0.29, 0.717) is 25.9 Å². The molecule has 0 spiro atoms. The Kier molecular flexibility index (Phi) is 5.79. The van der Waals surface area contributed by atoms with Crippen molar-refractivity contribution < 1.29 is 17.9 Å². The van der Waals surface area contributed by atoms with Crippen LogP contribution in [0.4, 0.5) is 10.5 Å². The summed E-state index contributed by atoms with van der Waals surface area (Å²) in [4.78, 5) is 22.3. The fourth-order valence-corrected chi connectivity index (χ4v) is 4.01. The molecule has 25 heavy (non-hydrogen) atoms. The summed E-state index contributed by atoms with van der Waals surface area (Å²) in [6.45, 7) is 5.96. The summed E-state index contributed by atoms with van der Waals surface area (Å²) in [6, 6.07) is 5.37. The van der Waals surface area contributed by atoms with Crippen LogP contribution in [0.3, 0.4) is 0 Å². The highest BCUT2D eigenvalue weighted by molar-refractivity contribution is 7.89. The molecule has 1 amide bonds. The second-order valence-electron chi connectivity index (χ2n) is 6.91. The number of piperidine rings is 1. The molecular formula is C16H23N3O5S. The minimum Gasteiger partial charge on any atom is -0.444 e. The lowest BCUT2D eigenvalue weighted by Crippen LogP contribution is -2.47. The number of rotatable bonds is 4. The highest BCUT2D eigenvalue weighted by atomic mass is 32.2. The van der Waals surface area contributed by atoms with Crippen LogP contribution in [0.25, 0.3) is 0 Å². The van der Waals surface area contributed by atoms with Crippen LogP contribution in [0, 0.1) is 4.91 Å². The van der Waals surface area contributed by atoms with Gasteiger partial charge >= 0.3 is 6.09 Å². The first kappa shape index (κ1) is 19.3. The van der Waals surface area contributed by atoms with Gasteiger partial charge in [0, 0.05) is 19.1 Å². The number of nitroso groups, excluding NO2 is 1. The maximum Gasteiger partial charge on any atom is 0.407 e. The quantitative estimate of drug-likeness (QED) is 0.822. The largest absolute Gasteiger partial charge is 0.444 e. The number of carbonyl (C=O) groups is 1. The third-order valence-electron chi connectivity index (χ3n) is 3.75. The van der Waals surface area contributed by atoms with Crippen LogP contribution in [0.15, 0.2) is 34.3 Å². The maximum absolute atomic E-state index is 12.6. The van der Waals surface area contributed by atoms with Gasteiger partial charge in [-0.2, -0.15) is 4.31 Å². The monoisotopic (exact) mass is 369 g/mol. The van der Waals surface area contributed by atoms with E-state index >= 15 is 0 Å². The van der Waals surface area contributed by atoms with E-state index in [2.05, 4.69) is 10.5 Å². The molecule has 0 radical (unpaired) electrons. The molecule has 2 rings (SSSR count). The molecule has 1 aliphatic rings. The minimum absolute atomic E-state index is 0.122. The summed E-state index contributed by atoms with van der Waals surface area (Å²) < 4.78 is 31.8. The second-order valence-corrected chi connectivity index (χ2v) is 8.85. The summed E-state index contributed by atoms with van der Waals surface area (Å²) in [5.74, 6) is 0. The first-order valence-electron chi connectivity index (χ1n) is 8.05. The van der Waals surface area contributed by atoms with Crippen LogP contribution in [0.2, 0.25) is 0 Å². The molecule has 8 nitrogen and oxygen atoms in total. The average Bonchev–Trinajstić information content (AvgIpc) is 2.53. The van der Waals surface area contributed by atoms with Crippen LogP contribution in [-0.2, 0) is 14.8 Å². The van der Waals surface area contributed by atoms with E-state index in [-0.39, 0.29) is 16.6 Å². The first-order valence-corrected chi connectivity index (χ1v) is 9.49. The molecule has 1 saturated heterocycles. The topological polar surface area (TPSA) is 105 Å². The van der Waals surface area contributed by atoms with Crippen LogP contribution in [0.1, 0.15) is 33.6 Å². The van der Waals surface area contributed by atoms with Crippen LogP contribution < -0.4 is 5.32 Å². The van der Waals surface area contributed by atoms with Gasteiger partial charge in [-0.15, -0.1) is 4.91 Å². The number of nitrogens with zero attached hydrogens (tertiary/aromatic N) is 2. The minimum atomic E-state index is -3.62. The predicted octanol–water partition coefficient (Wildman–Crippen LogP) is 2.76. The molecule has 1 aromatic carbocycles. The number of carbonyl (C=O) groups excluding carboxylic acids is 1. The Morgan fingerprint density at radius 1 is 1.20 bits per heavy atom. The molecule has 1 aliphatic heterocycles. The number of benzene rings is 1. The van der Waals surface area contributed by atoms with Crippen molar-refractivity contribution in [1.82, 2.24) is 9.62 Å². The molecule has 0 aromatic heterocycles. The fraction of sp³-hybridized carbons (Fsp3) is 0.562. The van der Waals surface area contributed by atoms with Crippen LogP contribution >= 0.6 is 0 Å². The van der Waals surface area contributed by atoms with E-state index in [1.165, 1.54) is 28.6 Å². The average molecular weight is 369 g/mol. The van der Waals surface area contributed by atoms with E-state index < -0.39 is 21.7 Å². The van der Waals surface area contributed by atoms with Crippen molar-refractivity contribution in [2.24, 2.45) is 5.18 Å². The zero-order valence-electron chi connectivity index (χ0n) is 14.6. The molecular weight excluding hydrogens is 346 g/mol. The van der Waals surface area contributed by atoms with Crippen molar-refractivity contribution in [1.29, 1.82) is 0 Å². The van der Waals surface area contributed by atoms with Crippen molar-refractivity contribution in [3.63, 3.8) is 0 Å². The molecule has 0 aliphatic carbocycles. The van der Waals surface area contributed by atoms with Gasteiger partial charge in [0.05, 0.1) is 4.90 Å². The third-order valence-corrected chi connectivity index (χ3v) is 5.67. The highest BCUT2D eigenvalue weighted by Gasteiger charge is 2.30. The van der Waals surface area contributed by atoms with Crippen molar-refractivity contribution >= 4 is 21.8 Å². The Morgan fingerprint density at radius 3 is 2.24 bits per heavy atom.